The van der Waals surface area contributed by atoms with Crippen molar-refractivity contribution in [1.29, 1.82) is 0 Å². The zero-order valence-corrected chi connectivity index (χ0v) is 19.3. The molecule has 4 saturated carbocycles. The first-order chi connectivity index (χ1) is 16.0. The second-order valence-corrected chi connectivity index (χ2v) is 11.0. The number of benzene rings is 1. The van der Waals surface area contributed by atoms with Crippen molar-refractivity contribution in [2.24, 2.45) is 29.1 Å². The molecule has 3 amide bonds. The molecule has 6 rings (SSSR count). The van der Waals surface area contributed by atoms with Crippen LogP contribution in [0.1, 0.15) is 63.4 Å². The number of amides is 3. The van der Waals surface area contributed by atoms with E-state index in [1.165, 1.54) is 38.5 Å². The lowest BCUT2D eigenvalue weighted by molar-refractivity contribution is -0.137. The average Bonchev–Trinajstić information content (AvgIpc) is 2.80. The predicted octanol–water partition coefficient (Wildman–Crippen LogP) is 3.69. The van der Waals surface area contributed by atoms with Crippen LogP contribution in [0.3, 0.4) is 0 Å². The van der Waals surface area contributed by atoms with Crippen LogP contribution in [0.25, 0.3) is 6.08 Å². The summed E-state index contributed by atoms with van der Waals surface area (Å²) in [7, 11) is 0. The van der Waals surface area contributed by atoms with Crippen LogP contribution in [-0.2, 0) is 14.4 Å². The minimum atomic E-state index is -0.174. The number of nitrogens with zero attached hydrogens (tertiary/aromatic N) is 1. The third-order valence-electron chi connectivity index (χ3n) is 8.42. The summed E-state index contributed by atoms with van der Waals surface area (Å²) < 4.78 is 0. The van der Waals surface area contributed by atoms with E-state index in [0.717, 1.165) is 23.3 Å². The fourth-order valence-corrected chi connectivity index (χ4v) is 7.32. The van der Waals surface area contributed by atoms with E-state index in [0.29, 0.717) is 32.4 Å². The highest BCUT2D eigenvalue weighted by Gasteiger charge is 2.51. The zero-order chi connectivity index (χ0) is 22.8. The fourth-order valence-electron chi connectivity index (χ4n) is 7.32. The van der Waals surface area contributed by atoms with Gasteiger partial charge in [-0.15, -0.1) is 0 Å². The van der Waals surface area contributed by atoms with E-state index in [1.54, 1.807) is 11.0 Å². The van der Waals surface area contributed by atoms with Gasteiger partial charge >= 0.3 is 0 Å². The van der Waals surface area contributed by atoms with Gasteiger partial charge in [0.1, 0.15) is 0 Å². The first-order valence-electron chi connectivity index (χ1n) is 12.6. The molecule has 1 heterocycles. The Morgan fingerprint density at radius 3 is 2.12 bits per heavy atom. The molecule has 0 spiro atoms. The second kappa shape index (κ2) is 9.32. The fraction of sp³-hybridized carbons (Fsp3) is 0.593. The number of nitrogens with one attached hydrogen (secondary N) is 2. The third-order valence-corrected chi connectivity index (χ3v) is 8.42. The summed E-state index contributed by atoms with van der Waals surface area (Å²) in [5.41, 5.74) is 6.53. The summed E-state index contributed by atoms with van der Waals surface area (Å²) in [6.07, 6.45) is 12.8. The van der Waals surface area contributed by atoms with Gasteiger partial charge in [-0.1, -0.05) is 30.3 Å². The Morgan fingerprint density at radius 2 is 1.52 bits per heavy atom. The molecule has 4 bridgehead atoms. The highest BCUT2D eigenvalue weighted by atomic mass is 16.2. The van der Waals surface area contributed by atoms with Gasteiger partial charge < -0.3 is 4.90 Å². The largest absolute Gasteiger partial charge is 0.339 e. The van der Waals surface area contributed by atoms with Gasteiger partial charge in [-0.3, -0.25) is 25.2 Å². The first kappa shape index (κ1) is 22.2. The van der Waals surface area contributed by atoms with Crippen molar-refractivity contribution in [3.63, 3.8) is 0 Å². The van der Waals surface area contributed by atoms with Gasteiger partial charge in [-0.25, -0.2) is 0 Å². The second-order valence-electron chi connectivity index (χ2n) is 11.0. The lowest BCUT2D eigenvalue weighted by atomic mass is 9.49. The molecule has 1 saturated heterocycles. The Kier molecular flexibility index (Phi) is 6.26. The molecule has 4 aliphatic carbocycles. The van der Waals surface area contributed by atoms with Crippen molar-refractivity contribution in [3.8, 4) is 0 Å². The highest BCUT2D eigenvalue weighted by molar-refractivity contribution is 5.92. The van der Waals surface area contributed by atoms with Gasteiger partial charge in [-0.2, -0.15) is 0 Å². The quantitative estimate of drug-likeness (QED) is 0.532. The molecule has 176 valence electrons. The molecule has 0 unspecified atom stereocenters. The Labute approximate surface area is 196 Å². The molecule has 0 aromatic heterocycles. The van der Waals surface area contributed by atoms with Crippen LogP contribution in [0.4, 0.5) is 0 Å². The van der Waals surface area contributed by atoms with Crippen molar-refractivity contribution < 1.29 is 14.4 Å². The normalized spacial score (nSPS) is 31.0. The molecule has 1 aliphatic heterocycles. The predicted molar refractivity (Wildman–Crippen MR) is 126 cm³/mol. The molecule has 0 radical (unpaired) electrons. The van der Waals surface area contributed by atoms with Crippen LogP contribution in [-0.4, -0.2) is 35.7 Å². The standard InChI is InChI=1S/C27H35N3O3/c31-24(18-27-15-20-12-21(16-27)14-22(13-20)17-27)28-29-26(33)23-8-10-30(11-9-23)25(32)7-6-19-4-2-1-3-5-19/h1-7,20-23H,8-18H2,(H,28,31)(H,29,33)/b7-6+. The van der Waals surface area contributed by atoms with Crippen molar-refractivity contribution in [3.05, 3.63) is 42.0 Å². The topological polar surface area (TPSA) is 78.5 Å². The van der Waals surface area contributed by atoms with E-state index < -0.39 is 0 Å². The summed E-state index contributed by atoms with van der Waals surface area (Å²) in [5, 5.41) is 0. The summed E-state index contributed by atoms with van der Waals surface area (Å²) in [6, 6.07) is 9.74. The summed E-state index contributed by atoms with van der Waals surface area (Å²) in [4.78, 5) is 39.5. The number of rotatable bonds is 5. The van der Waals surface area contributed by atoms with Gasteiger partial charge in [0, 0.05) is 31.5 Å². The molecule has 5 aliphatic rings. The molecule has 2 N–H and O–H groups in total. The first-order valence-corrected chi connectivity index (χ1v) is 12.6. The van der Waals surface area contributed by atoms with E-state index in [9.17, 15) is 14.4 Å². The molecule has 6 heteroatoms. The number of likely N-dealkylation sites (tertiary alicyclic amines) is 1. The molecule has 6 nitrogen and oxygen atoms in total. The molecular weight excluding hydrogens is 414 g/mol. The number of carbonyl (C=O) groups excluding carboxylic acids is 3. The highest BCUT2D eigenvalue weighted by Crippen LogP contribution is 2.61. The smallest absolute Gasteiger partial charge is 0.246 e. The van der Waals surface area contributed by atoms with Crippen LogP contribution in [0.2, 0.25) is 0 Å². The van der Waals surface area contributed by atoms with Crippen LogP contribution >= 0.6 is 0 Å². The van der Waals surface area contributed by atoms with Crippen LogP contribution in [0, 0.1) is 29.1 Å². The van der Waals surface area contributed by atoms with E-state index in [-0.39, 0.29) is 29.1 Å². The van der Waals surface area contributed by atoms with Gasteiger partial charge in [0.05, 0.1) is 0 Å². The van der Waals surface area contributed by atoms with Crippen LogP contribution < -0.4 is 10.9 Å². The number of hydrogen-bond donors (Lipinski definition) is 2. The van der Waals surface area contributed by atoms with Gasteiger partial charge in [-0.05, 0) is 86.2 Å². The van der Waals surface area contributed by atoms with Gasteiger partial charge in [0.2, 0.25) is 17.7 Å². The minimum absolute atomic E-state index is 0.0263. The lowest BCUT2D eigenvalue weighted by Crippen LogP contribution is -2.51. The maximum Gasteiger partial charge on any atom is 0.246 e. The maximum atomic E-state index is 12.7. The van der Waals surface area contributed by atoms with E-state index in [2.05, 4.69) is 10.9 Å². The van der Waals surface area contributed by atoms with Crippen LogP contribution in [0.5, 0.6) is 0 Å². The molecule has 33 heavy (non-hydrogen) atoms. The number of carbonyl (C=O) groups is 3. The Morgan fingerprint density at radius 1 is 0.909 bits per heavy atom. The molecule has 1 aromatic rings. The average molecular weight is 450 g/mol. The third kappa shape index (κ3) is 5.15. The monoisotopic (exact) mass is 449 g/mol. The molecule has 1 aromatic carbocycles. The lowest BCUT2D eigenvalue weighted by Gasteiger charge is -2.56. The summed E-state index contributed by atoms with van der Waals surface area (Å²) in [6.45, 7) is 1.11. The van der Waals surface area contributed by atoms with Crippen LogP contribution in [0.15, 0.2) is 36.4 Å². The molecular formula is C27H35N3O3. The van der Waals surface area contributed by atoms with Crippen molar-refractivity contribution in [2.45, 2.75) is 57.8 Å². The van der Waals surface area contributed by atoms with Crippen molar-refractivity contribution in [1.82, 2.24) is 15.8 Å². The Balaban J connectivity index is 1.04. The molecule has 5 fully saturated rings. The Bertz CT molecular complexity index is 883. The Hall–Kier alpha value is -2.63. The van der Waals surface area contributed by atoms with Gasteiger partial charge in [0.15, 0.2) is 0 Å². The molecule has 0 atom stereocenters. The number of hydrazine groups is 1. The van der Waals surface area contributed by atoms with E-state index >= 15 is 0 Å². The summed E-state index contributed by atoms with van der Waals surface area (Å²) in [5.74, 6) is 2.05. The maximum absolute atomic E-state index is 12.7. The SMILES string of the molecule is O=C(CC12CC3CC(CC(C3)C1)C2)NNC(=O)C1CCN(C(=O)/C=C/c2ccccc2)CC1. The van der Waals surface area contributed by atoms with E-state index in [1.807, 2.05) is 36.4 Å². The zero-order valence-electron chi connectivity index (χ0n) is 19.3. The van der Waals surface area contributed by atoms with Crippen molar-refractivity contribution in [2.75, 3.05) is 13.1 Å². The van der Waals surface area contributed by atoms with Crippen molar-refractivity contribution >= 4 is 23.8 Å². The minimum Gasteiger partial charge on any atom is -0.339 e. The van der Waals surface area contributed by atoms with Gasteiger partial charge in [0.25, 0.3) is 0 Å². The van der Waals surface area contributed by atoms with E-state index in [4.69, 9.17) is 0 Å². The summed E-state index contributed by atoms with van der Waals surface area (Å²) >= 11 is 0. The number of hydrogen-bond acceptors (Lipinski definition) is 3. The number of piperidine rings is 1.